The summed E-state index contributed by atoms with van der Waals surface area (Å²) in [6, 6.07) is 9.92. The Morgan fingerprint density at radius 2 is 1.75 bits per heavy atom. The van der Waals surface area contributed by atoms with Gasteiger partial charge < -0.3 is 10.2 Å². The van der Waals surface area contributed by atoms with Gasteiger partial charge in [0.05, 0.1) is 5.56 Å². The molecule has 1 aliphatic heterocycles. The van der Waals surface area contributed by atoms with Crippen molar-refractivity contribution in [2.45, 2.75) is 33.4 Å². The van der Waals surface area contributed by atoms with E-state index in [0.717, 1.165) is 12.1 Å². The largest absolute Gasteiger partial charge is 0.332 e. The van der Waals surface area contributed by atoms with Gasteiger partial charge in [-0.3, -0.25) is 13.9 Å². The van der Waals surface area contributed by atoms with Crippen LogP contribution in [-0.2, 0) is 20.6 Å². The van der Waals surface area contributed by atoms with Crippen LogP contribution >= 0.6 is 0 Å². The Labute approximate surface area is 166 Å². The third kappa shape index (κ3) is 3.83. The molecular weight excluding hydrogens is 352 g/mol. The van der Waals surface area contributed by atoms with Gasteiger partial charge in [-0.2, -0.15) is 0 Å². The molecule has 1 aliphatic rings. The maximum absolute atomic E-state index is 13.2. The Morgan fingerprint density at radius 3 is 2.39 bits per heavy atom. The number of aromatic nitrogens is 2. The summed E-state index contributed by atoms with van der Waals surface area (Å²) < 4.78 is 2.80. The zero-order valence-corrected chi connectivity index (χ0v) is 17.3. The van der Waals surface area contributed by atoms with E-state index < -0.39 is 0 Å². The lowest BCUT2D eigenvalue weighted by molar-refractivity contribution is 0.407. The minimum Gasteiger partial charge on any atom is -0.330 e. The van der Waals surface area contributed by atoms with Crippen LogP contribution < -0.4 is 21.5 Å². The van der Waals surface area contributed by atoms with Gasteiger partial charge in [0.1, 0.15) is 5.82 Å². The second-order valence-corrected chi connectivity index (χ2v) is 8.04. The molecule has 2 aromatic rings. The van der Waals surface area contributed by atoms with Crippen LogP contribution in [0.3, 0.4) is 0 Å². The monoisotopic (exact) mass is 382 g/mol. The van der Waals surface area contributed by atoms with E-state index in [0.29, 0.717) is 23.8 Å². The van der Waals surface area contributed by atoms with Crippen LogP contribution in [0.5, 0.6) is 0 Å². The summed E-state index contributed by atoms with van der Waals surface area (Å²) in [4.78, 5) is 27.9. The number of rotatable bonds is 5. The molecule has 6 heteroatoms. The van der Waals surface area contributed by atoms with Crippen molar-refractivity contribution in [1.82, 2.24) is 14.5 Å². The molecule has 1 aromatic heterocycles. The van der Waals surface area contributed by atoms with Gasteiger partial charge in [-0.1, -0.05) is 57.2 Å². The van der Waals surface area contributed by atoms with Crippen LogP contribution in [0.25, 0.3) is 0 Å². The molecule has 0 fully saturated rings. The number of nitrogens with zero attached hydrogens (tertiary/aromatic N) is 3. The average Bonchev–Trinajstić information content (AvgIpc) is 2.81. The average molecular weight is 383 g/mol. The van der Waals surface area contributed by atoms with E-state index in [1.807, 2.05) is 29.3 Å². The first kappa shape index (κ1) is 20.1. The fourth-order valence-corrected chi connectivity index (χ4v) is 3.72. The topological polar surface area (TPSA) is 59.3 Å². The van der Waals surface area contributed by atoms with E-state index in [2.05, 4.69) is 44.3 Å². The van der Waals surface area contributed by atoms with Crippen LogP contribution in [0.4, 0.5) is 5.82 Å². The quantitative estimate of drug-likeness (QED) is 0.863. The molecular formula is C22H30N4O2. The van der Waals surface area contributed by atoms with Gasteiger partial charge in [0.15, 0.2) is 0 Å². The first-order valence-electron chi connectivity index (χ1n) is 9.83. The highest BCUT2D eigenvalue weighted by molar-refractivity contribution is 5.53. The Morgan fingerprint density at radius 1 is 1.07 bits per heavy atom. The van der Waals surface area contributed by atoms with E-state index in [1.54, 1.807) is 18.7 Å². The number of benzene rings is 1. The summed E-state index contributed by atoms with van der Waals surface area (Å²) in [6.07, 6.45) is 4.12. The van der Waals surface area contributed by atoms with Crippen molar-refractivity contribution in [3.63, 3.8) is 0 Å². The van der Waals surface area contributed by atoms with Crippen molar-refractivity contribution < 1.29 is 0 Å². The molecule has 2 heterocycles. The summed E-state index contributed by atoms with van der Waals surface area (Å²) in [5.74, 6) is 1.24. The Kier molecular flexibility index (Phi) is 5.89. The molecule has 3 rings (SSSR count). The summed E-state index contributed by atoms with van der Waals surface area (Å²) in [5.41, 5.74) is 1.23. The maximum Gasteiger partial charge on any atom is 0.332 e. The third-order valence-corrected chi connectivity index (χ3v) is 5.29. The van der Waals surface area contributed by atoms with Crippen molar-refractivity contribution in [3.05, 3.63) is 74.6 Å². The minimum absolute atomic E-state index is 0.114. The maximum atomic E-state index is 13.2. The second-order valence-electron chi connectivity index (χ2n) is 8.04. The SMILES string of the molecule is CC(C)CN[C@@H]1c2c(n(C)c(=O)n(C)c2=O)N(Cc2ccccc2)C=C[C@@H]1C. The molecule has 0 radical (unpaired) electrons. The molecule has 28 heavy (non-hydrogen) atoms. The molecule has 0 amide bonds. The van der Waals surface area contributed by atoms with E-state index in [-0.39, 0.29) is 23.2 Å². The zero-order chi connectivity index (χ0) is 20.4. The Bertz CT molecular complexity index is 973. The molecule has 0 saturated heterocycles. The molecule has 150 valence electrons. The number of hydrogen-bond donors (Lipinski definition) is 1. The standard InChI is InChI=1S/C22H30N4O2/c1-15(2)13-23-19-16(3)11-12-26(14-17-9-7-6-8-10-17)20-18(19)21(27)25(5)22(28)24(20)4/h6-12,15-16,19,23H,13-14H2,1-5H3/t16-,19-/m0/s1. The number of fused-ring (bicyclic) bond motifs is 1. The van der Waals surface area contributed by atoms with Gasteiger partial charge in [-0.05, 0) is 23.9 Å². The lowest BCUT2D eigenvalue weighted by Gasteiger charge is -2.28. The van der Waals surface area contributed by atoms with Crippen molar-refractivity contribution in [2.75, 3.05) is 11.4 Å². The van der Waals surface area contributed by atoms with Crippen LogP contribution in [0, 0.1) is 11.8 Å². The van der Waals surface area contributed by atoms with Crippen molar-refractivity contribution in [1.29, 1.82) is 0 Å². The number of anilines is 1. The number of hydrogen-bond acceptors (Lipinski definition) is 4. The summed E-state index contributed by atoms with van der Waals surface area (Å²) in [6.45, 7) is 7.79. The third-order valence-electron chi connectivity index (χ3n) is 5.29. The Hall–Kier alpha value is -2.60. The molecule has 1 aromatic carbocycles. The van der Waals surface area contributed by atoms with Crippen LogP contribution in [-0.4, -0.2) is 15.7 Å². The predicted molar refractivity (Wildman–Crippen MR) is 113 cm³/mol. The highest BCUT2D eigenvalue weighted by Crippen LogP contribution is 2.32. The van der Waals surface area contributed by atoms with E-state index >= 15 is 0 Å². The van der Waals surface area contributed by atoms with Crippen molar-refractivity contribution in [2.24, 2.45) is 25.9 Å². The van der Waals surface area contributed by atoms with Crippen molar-refractivity contribution in [3.8, 4) is 0 Å². The molecule has 0 saturated carbocycles. The van der Waals surface area contributed by atoms with Gasteiger partial charge in [-0.25, -0.2) is 4.79 Å². The number of nitrogens with one attached hydrogen (secondary N) is 1. The first-order valence-corrected chi connectivity index (χ1v) is 9.83. The fraction of sp³-hybridized carbons (Fsp3) is 0.455. The summed E-state index contributed by atoms with van der Waals surface area (Å²) >= 11 is 0. The van der Waals surface area contributed by atoms with Gasteiger partial charge in [0.25, 0.3) is 5.56 Å². The van der Waals surface area contributed by atoms with Crippen LogP contribution in [0.2, 0.25) is 0 Å². The minimum atomic E-state index is -0.313. The van der Waals surface area contributed by atoms with E-state index in [9.17, 15) is 9.59 Å². The molecule has 0 aliphatic carbocycles. The Balaban J connectivity index is 2.18. The molecule has 0 bridgehead atoms. The molecule has 0 unspecified atom stereocenters. The lowest BCUT2D eigenvalue weighted by Crippen LogP contribution is -2.44. The zero-order valence-electron chi connectivity index (χ0n) is 17.3. The highest BCUT2D eigenvalue weighted by atomic mass is 16.2. The van der Waals surface area contributed by atoms with E-state index in [1.165, 1.54) is 4.57 Å². The normalized spacial score (nSPS) is 19.0. The molecule has 2 atom stereocenters. The smallest absolute Gasteiger partial charge is 0.330 e. The first-order chi connectivity index (χ1) is 13.3. The lowest BCUT2D eigenvalue weighted by atomic mass is 9.95. The molecule has 6 nitrogen and oxygen atoms in total. The van der Waals surface area contributed by atoms with E-state index in [4.69, 9.17) is 0 Å². The fourth-order valence-electron chi connectivity index (χ4n) is 3.72. The van der Waals surface area contributed by atoms with Gasteiger partial charge >= 0.3 is 5.69 Å². The van der Waals surface area contributed by atoms with Gasteiger partial charge in [0.2, 0.25) is 0 Å². The molecule has 1 N–H and O–H groups in total. The van der Waals surface area contributed by atoms with Gasteiger partial charge in [0, 0.05) is 32.9 Å². The van der Waals surface area contributed by atoms with Crippen LogP contribution in [0.15, 0.2) is 52.2 Å². The summed E-state index contributed by atoms with van der Waals surface area (Å²) in [5, 5.41) is 3.56. The second kappa shape index (κ2) is 8.19. The predicted octanol–water partition coefficient (Wildman–Crippen LogP) is 2.54. The van der Waals surface area contributed by atoms with Crippen LogP contribution in [0.1, 0.15) is 37.9 Å². The highest BCUT2D eigenvalue weighted by Gasteiger charge is 2.31. The molecule has 0 spiro atoms. The van der Waals surface area contributed by atoms with Crippen molar-refractivity contribution >= 4 is 5.82 Å². The van der Waals surface area contributed by atoms with Gasteiger partial charge in [-0.15, -0.1) is 0 Å². The summed E-state index contributed by atoms with van der Waals surface area (Å²) in [7, 11) is 3.29.